The van der Waals surface area contributed by atoms with Gasteiger partial charge >= 0.3 is 6.03 Å². The number of amides is 3. The molecule has 0 bridgehead atoms. The topological polar surface area (TPSA) is 98.0 Å². The molecular formula is C27H20F3N5O2. The van der Waals surface area contributed by atoms with Crippen LogP contribution < -0.4 is 21.3 Å². The number of H-pyrrole nitrogens is 1. The Morgan fingerprint density at radius 1 is 0.892 bits per heavy atom. The smallest absolute Gasteiger partial charge is 0.323 e. The molecule has 0 saturated heterocycles. The van der Waals surface area contributed by atoms with E-state index in [0.717, 1.165) is 16.8 Å². The highest BCUT2D eigenvalue weighted by Crippen LogP contribution is 2.36. The molecule has 7 nitrogen and oxygen atoms in total. The zero-order valence-electron chi connectivity index (χ0n) is 19.4. The summed E-state index contributed by atoms with van der Waals surface area (Å²) in [6.45, 7) is 1.88. The van der Waals surface area contributed by atoms with Crippen molar-refractivity contribution in [3.8, 4) is 0 Å². The lowest BCUT2D eigenvalue weighted by Crippen LogP contribution is -2.20. The van der Waals surface area contributed by atoms with Gasteiger partial charge in [-0.15, -0.1) is 0 Å². The normalized spacial score (nSPS) is 13.3. The number of benzene rings is 3. The van der Waals surface area contributed by atoms with Crippen molar-refractivity contribution >= 4 is 52.0 Å². The minimum absolute atomic E-state index is 0.198. The Balaban J connectivity index is 1.31. The van der Waals surface area contributed by atoms with E-state index in [9.17, 15) is 22.8 Å². The number of aromatic nitrogens is 1. The molecule has 0 radical (unpaired) electrons. The quantitative estimate of drug-likeness (QED) is 0.156. The van der Waals surface area contributed by atoms with Crippen LogP contribution >= 0.6 is 0 Å². The number of rotatable bonds is 5. The summed E-state index contributed by atoms with van der Waals surface area (Å²) in [6.07, 6.45) is 3.57. The van der Waals surface area contributed by atoms with Crippen LogP contribution in [0, 0.1) is 24.4 Å². The van der Waals surface area contributed by atoms with E-state index < -0.39 is 23.5 Å². The highest BCUT2D eigenvalue weighted by Gasteiger charge is 2.24. The first-order valence-electron chi connectivity index (χ1n) is 11.2. The number of aromatic amines is 1. The number of carbonyl (C=O) groups excluding carboxylic acids is 2. The maximum atomic E-state index is 13.4. The summed E-state index contributed by atoms with van der Waals surface area (Å²) in [5.74, 6) is -4.63. The van der Waals surface area contributed by atoms with E-state index in [4.69, 9.17) is 0 Å². The summed E-state index contributed by atoms with van der Waals surface area (Å²) in [5, 5.41) is 11.0. The molecule has 37 heavy (non-hydrogen) atoms. The standard InChI is InChI=1S/C27H20F3N5O2/c1-14-4-5-17(33-27(37)34-18-10-21(28)25(30)22(29)11-18)12-23(14)32-16-6-7-19-20(9-15-3-2-8-31-15)26(36)35-24(19)13-16/h2-13,31-32H,1H3,(H,35,36)(H2,33,34,37)/b20-9-. The molecule has 186 valence electrons. The van der Waals surface area contributed by atoms with Gasteiger partial charge in [-0.3, -0.25) is 4.79 Å². The van der Waals surface area contributed by atoms with Gasteiger partial charge in [-0.25, -0.2) is 18.0 Å². The molecule has 5 N–H and O–H groups in total. The average Bonchev–Trinajstić information content (AvgIpc) is 3.47. The fourth-order valence-corrected chi connectivity index (χ4v) is 3.92. The van der Waals surface area contributed by atoms with Crippen LogP contribution in [-0.2, 0) is 4.79 Å². The lowest BCUT2D eigenvalue weighted by Gasteiger charge is -2.14. The molecule has 0 spiro atoms. The molecule has 1 aliphatic rings. The van der Waals surface area contributed by atoms with E-state index in [1.165, 1.54) is 0 Å². The Labute approximate surface area is 209 Å². The van der Waals surface area contributed by atoms with Crippen LogP contribution in [0.4, 0.5) is 46.4 Å². The van der Waals surface area contributed by atoms with Crippen LogP contribution in [0.15, 0.2) is 66.9 Å². The first kappa shape index (κ1) is 23.7. The first-order chi connectivity index (χ1) is 17.8. The van der Waals surface area contributed by atoms with Gasteiger partial charge in [0.1, 0.15) is 0 Å². The summed E-state index contributed by atoms with van der Waals surface area (Å²) in [7, 11) is 0. The second-order valence-electron chi connectivity index (χ2n) is 8.39. The zero-order chi connectivity index (χ0) is 26.1. The molecule has 3 aromatic carbocycles. The molecule has 10 heteroatoms. The first-order valence-corrected chi connectivity index (χ1v) is 11.2. The fraction of sp³-hybridized carbons (Fsp3) is 0.0370. The Hall–Kier alpha value is -4.99. The predicted molar refractivity (Wildman–Crippen MR) is 137 cm³/mol. The Bertz CT molecular complexity index is 1540. The van der Waals surface area contributed by atoms with Crippen LogP contribution in [0.25, 0.3) is 11.6 Å². The number of carbonyl (C=O) groups is 2. The number of aryl methyl sites for hydroxylation is 1. The molecule has 1 aromatic heterocycles. The minimum Gasteiger partial charge on any atom is -0.362 e. The number of hydrogen-bond acceptors (Lipinski definition) is 3. The lowest BCUT2D eigenvalue weighted by molar-refractivity contribution is -0.110. The highest BCUT2D eigenvalue weighted by atomic mass is 19.2. The molecular weight excluding hydrogens is 483 g/mol. The van der Waals surface area contributed by atoms with E-state index in [2.05, 4.69) is 26.3 Å². The third-order valence-corrected chi connectivity index (χ3v) is 5.74. The van der Waals surface area contributed by atoms with Gasteiger partial charge < -0.3 is 26.3 Å². The van der Waals surface area contributed by atoms with Gasteiger partial charge in [0.15, 0.2) is 17.5 Å². The fourth-order valence-electron chi connectivity index (χ4n) is 3.92. The van der Waals surface area contributed by atoms with Crippen molar-refractivity contribution < 1.29 is 22.8 Å². The van der Waals surface area contributed by atoms with E-state index in [1.807, 2.05) is 37.3 Å². The number of hydrogen-bond donors (Lipinski definition) is 5. The molecule has 2 heterocycles. The summed E-state index contributed by atoms with van der Waals surface area (Å²) < 4.78 is 40.0. The van der Waals surface area contributed by atoms with Crippen molar-refractivity contribution in [1.82, 2.24) is 4.98 Å². The number of fused-ring (bicyclic) bond motifs is 1. The molecule has 0 aliphatic carbocycles. The van der Waals surface area contributed by atoms with E-state index >= 15 is 0 Å². The highest BCUT2D eigenvalue weighted by molar-refractivity contribution is 6.35. The summed E-state index contributed by atoms with van der Waals surface area (Å²) in [6, 6.07) is 14.9. The maximum absolute atomic E-state index is 13.4. The molecule has 5 rings (SSSR count). The lowest BCUT2D eigenvalue weighted by atomic mass is 10.1. The van der Waals surface area contributed by atoms with Gasteiger partial charge in [0.25, 0.3) is 5.91 Å². The van der Waals surface area contributed by atoms with Crippen LogP contribution in [0.3, 0.4) is 0 Å². The number of halogens is 3. The third kappa shape index (κ3) is 5.03. The van der Waals surface area contributed by atoms with Crippen LogP contribution in [-0.4, -0.2) is 16.9 Å². The van der Waals surface area contributed by atoms with Crippen LogP contribution in [0.2, 0.25) is 0 Å². The summed E-state index contributed by atoms with van der Waals surface area (Å²) >= 11 is 0. The maximum Gasteiger partial charge on any atom is 0.323 e. The van der Waals surface area contributed by atoms with Gasteiger partial charge in [-0.1, -0.05) is 12.1 Å². The van der Waals surface area contributed by atoms with Gasteiger partial charge in [-0.2, -0.15) is 0 Å². The Morgan fingerprint density at radius 3 is 2.35 bits per heavy atom. The van der Waals surface area contributed by atoms with Gasteiger partial charge in [0.2, 0.25) is 0 Å². The van der Waals surface area contributed by atoms with E-state index in [-0.39, 0.29) is 11.6 Å². The van der Waals surface area contributed by atoms with Crippen LogP contribution in [0.5, 0.6) is 0 Å². The summed E-state index contributed by atoms with van der Waals surface area (Å²) in [5.41, 5.74) is 5.26. The van der Waals surface area contributed by atoms with Crippen molar-refractivity contribution in [2.24, 2.45) is 0 Å². The zero-order valence-corrected chi connectivity index (χ0v) is 19.4. The molecule has 4 aromatic rings. The minimum atomic E-state index is -1.61. The van der Waals surface area contributed by atoms with E-state index in [1.54, 1.807) is 30.5 Å². The van der Waals surface area contributed by atoms with E-state index in [0.29, 0.717) is 40.5 Å². The number of urea groups is 1. The molecule has 0 saturated carbocycles. The Kier molecular flexibility index (Phi) is 6.14. The largest absolute Gasteiger partial charge is 0.362 e. The van der Waals surface area contributed by atoms with Gasteiger partial charge in [0.05, 0.1) is 11.3 Å². The third-order valence-electron chi connectivity index (χ3n) is 5.74. The second-order valence-corrected chi connectivity index (χ2v) is 8.39. The molecule has 3 amide bonds. The van der Waals surface area contributed by atoms with Crippen molar-refractivity contribution in [2.45, 2.75) is 6.92 Å². The number of nitrogens with one attached hydrogen (secondary N) is 5. The molecule has 0 unspecified atom stereocenters. The summed E-state index contributed by atoms with van der Waals surface area (Å²) in [4.78, 5) is 27.9. The molecule has 0 atom stereocenters. The Morgan fingerprint density at radius 2 is 1.62 bits per heavy atom. The second kappa shape index (κ2) is 9.57. The van der Waals surface area contributed by atoms with Crippen molar-refractivity contribution in [3.05, 3.63) is 101 Å². The van der Waals surface area contributed by atoms with Gasteiger partial charge in [0, 0.05) is 52.3 Å². The SMILES string of the molecule is Cc1ccc(NC(=O)Nc2cc(F)c(F)c(F)c2)cc1Nc1ccc2c(c1)NC(=O)/C2=C\c1ccc[nH]1. The van der Waals surface area contributed by atoms with Crippen molar-refractivity contribution in [3.63, 3.8) is 0 Å². The molecule has 0 fully saturated rings. The average molecular weight is 503 g/mol. The van der Waals surface area contributed by atoms with Crippen LogP contribution in [0.1, 0.15) is 16.8 Å². The van der Waals surface area contributed by atoms with Gasteiger partial charge in [-0.05, 0) is 55.0 Å². The molecule has 1 aliphatic heterocycles. The van der Waals surface area contributed by atoms with Crippen molar-refractivity contribution in [1.29, 1.82) is 0 Å². The predicted octanol–water partition coefficient (Wildman–Crippen LogP) is 6.62. The van der Waals surface area contributed by atoms with Crippen molar-refractivity contribution in [2.75, 3.05) is 21.3 Å². The number of anilines is 5. The monoisotopic (exact) mass is 503 g/mol.